The van der Waals surface area contributed by atoms with Crippen molar-refractivity contribution >= 4 is 21.8 Å². The number of amides is 1. The number of aromatic nitrogens is 1. The van der Waals surface area contributed by atoms with Gasteiger partial charge in [0.05, 0.1) is 11.3 Å². The summed E-state index contributed by atoms with van der Waals surface area (Å²) in [5.74, 6) is -0.240. The van der Waals surface area contributed by atoms with Crippen LogP contribution in [0.25, 0.3) is 11.5 Å². The number of nitrogens with zero attached hydrogens (tertiary/aromatic N) is 1. The zero-order valence-electron chi connectivity index (χ0n) is 13.6. The third kappa shape index (κ3) is 4.33. The number of oxazole rings is 1. The van der Waals surface area contributed by atoms with Crippen LogP contribution in [-0.4, -0.2) is 17.4 Å². The molecule has 3 rings (SSSR count). The summed E-state index contributed by atoms with van der Waals surface area (Å²) < 4.78 is 19.3. The molecule has 0 aliphatic heterocycles. The third-order valence-corrected chi connectivity index (χ3v) is 4.38. The first-order chi connectivity index (χ1) is 12.0. The summed E-state index contributed by atoms with van der Waals surface area (Å²) in [4.78, 5) is 16.5. The summed E-state index contributed by atoms with van der Waals surface area (Å²) >= 11 is 3.25. The van der Waals surface area contributed by atoms with Gasteiger partial charge in [-0.05, 0) is 53.2 Å². The molecule has 0 unspecified atom stereocenters. The molecule has 0 aliphatic rings. The van der Waals surface area contributed by atoms with Gasteiger partial charge in [-0.15, -0.1) is 0 Å². The van der Waals surface area contributed by atoms with Gasteiger partial charge in [-0.3, -0.25) is 4.79 Å². The van der Waals surface area contributed by atoms with E-state index in [2.05, 4.69) is 26.2 Å². The Morgan fingerprint density at radius 3 is 2.76 bits per heavy atom. The average molecular weight is 403 g/mol. The van der Waals surface area contributed by atoms with Gasteiger partial charge >= 0.3 is 0 Å². The Balaban J connectivity index is 1.58. The Morgan fingerprint density at radius 2 is 2.00 bits per heavy atom. The molecule has 2 aromatic carbocycles. The maximum absolute atomic E-state index is 13.3. The van der Waals surface area contributed by atoms with E-state index in [-0.39, 0.29) is 11.5 Å². The maximum atomic E-state index is 13.3. The van der Waals surface area contributed by atoms with Gasteiger partial charge < -0.3 is 9.73 Å². The smallest absolute Gasteiger partial charge is 0.252 e. The molecule has 1 amide bonds. The maximum Gasteiger partial charge on any atom is 0.252 e. The van der Waals surface area contributed by atoms with E-state index in [1.54, 1.807) is 6.26 Å². The SMILES string of the molecule is Cc1ccc(-c2nc(CCNC(=O)c3cc(F)ccc3Br)co2)cc1. The molecule has 0 bridgehead atoms. The second kappa shape index (κ2) is 7.61. The Bertz CT molecular complexity index is 891. The highest BCUT2D eigenvalue weighted by Gasteiger charge is 2.12. The van der Waals surface area contributed by atoms with E-state index in [1.165, 1.54) is 23.8 Å². The van der Waals surface area contributed by atoms with Crippen molar-refractivity contribution in [2.24, 2.45) is 0 Å². The quantitative estimate of drug-likeness (QED) is 0.682. The summed E-state index contributed by atoms with van der Waals surface area (Å²) in [6, 6.07) is 11.9. The molecule has 6 heteroatoms. The fourth-order valence-electron chi connectivity index (χ4n) is 2.32. The number of rotatable bonds is 5. The second-order valence-electron chi connectivity index (χ2n) is 5.64. The largest absolute Gasteiger partial charge is 0.444 e. The van der Waals surface area contributed by atoms with Crippen LogP contribution >= 0.6 is 15.9 Å². The summed E-state index contributed by atoms with van der Waals surface area (Å²) in [6.45, 7) is 2.39. The molecule has 0 atom stereocenters. The molecule has 4 nitrogen and oxygen atoms in total. The van der Waals surface area contributed by atoms with Crippen LogP contribution in [0.1, 0.15) is 21.6 Å². The topological polar surface area (TPSA) is 55.1 Å². The number of benzene rings is 2. The van der Waals surface area contributed by atoms with Gasteiger partial charge in [0.2, 0.25) is 5.89 Å². The van der Waals surface area contributed by atoms with E-state index in [0.29, 0.717) is 23.3 Å². The van der Waals surface area contributed by atoms with E-state index in [4.69, 9.17) is 4.42 Å². The van der Waals surface area contributed by atoms with Crippen LogP contribution in [0.5, 0.6) is 0 Å². The van der Waals surface area contributed by atoms with Crippen LogP contribution < -0.4 is 5.32 Å². The molecule has 25 heavy (non-hydrogen) atoms. The molecular weight excluding hydrogens is 387 g/mol. The molecule has 0 saturated heterocycles. The molecule has 128 valence electrons. The minimum atomic E-state index is -0.451. The van der Waals surface area contributed by atoms with Gasteiger partial charge in [-0.2, -0.15) is 0 Å². The Morgan fingerprint density at radius 1 is 1.24 bits per heavy atom. The van der Waals surface area contributed by atoms with Crippen molar-refractivity contribution in [1.82, 2.24) is 10.3 Å². The minimum Gasteiger partial charge on any atom is -0.444 e. The van der Waals surface area contributed by atoms with E-state index >= 15 is 0 Å². The van der Waals surface area contributed by atoms with Crippen molar-refractivity contribution < 1.29 is 13.6 Å². The zero-order chi connectivity index (χ0) is 17.8. The predicted molar refractivity (Wildman–Crippen MR) is 96.8 cm³/mol. The van der Waals surface area contributed by atoms with Crippen molar-refractivity contribution in [3.63, 3.8) is 0 Å². The molecule has 0 fully saturated rings. The van der Waals surface area contributed by atoms with E-state index in [1.807, 2.05) is 31.2 Å². The Labute approximate surface area is 153 Å². The normalized spacial score (nSPS) is 10.7. The van der Waals surface area contributed by atoms with Crippen LogP contribution in [0, 0.1) is 12.7 Å². The lowest BCUT2D eigenvalue weighted by Gasteiger charge is -2.06. The summed E-state index contributed by atoms with van der Waals surface area (Å²) in [5, 5.41) is 2.75. The first-order valence-corrected chi connectivity index (χ1v) is 8.57. The number of carbonyl (C=O) groups excluding carboxylic acids is 1. The first-order valence-electron chi connectivity index (χ1n) is 7.77. The Hall–Kier alpha value is -2.47. The van der Waals surface area contributed by atoms with Crippen molar-refractivity contribution in [2.45, 2.75) is 13.3 Å². The van der Waals surface area contributed by atoms with Gasteiger partial charge in [0.15, 0.2) is 0 Å². The number of aryl methyl sites for hydroxylation is 1. The molecule has 0 aliphatic carbocycles. The average Bonchev–Trinajstić information content (AvgIpc) is 3.06. The van der Waals surface area contributed by atoms with E-state index < -0.39 is 5.82 Å². The summed E-state index contributed by atoms with van der Waals surface area (Å²) in [5.41, 5.74) is 3.08. The lowest BCUT2D eigenvalue weighted by atomic mass is 10.1. The molecule has 3 aromatic rings. The Kier molecular flexibility index (Phi) is 5.28. The number of hydrogen-bond donors (Lipinski definition) is 1. The summed E-state index contributed by atoms with van der Waals surface area (Å²) in [6.07, 6.45) is 2.10. The predicted octanol–water partition coefficient (Wildman–Crippen LogP) is 4.52. The minimum absolute atomic E-state index is 0.264. The van der Waals surface area contributed by atoms with E-state index in [9.17, 15) is 9.18 Å². The number of hydrogen-bond acceptors (Lipinski definition) is 3. The van der Waals surface area contributed by atoms with Gasteiger partial charge in [-0.1, -0.05) is 17.7 Å². The molecule has 0 radical (unpaired) electrons. The van der Waals surface area contributed by atoms with Crippen molar-refractivity contribution in [1.29, 1.82) is 0 Å². The van der Waals surface area contributed by atoms with Crippen molar-refractivity contribution in [3.8, 4) is 11.5 Å². The van der Waals surface area contributed by atoms with Crippen molar-refractivity contribution in [2.75, 3.05) is 6.54 Å². The molecule has 1 aromatic heterocycles. The molecular formula is C19H16BrFN2O2. The second-order valence-corrected chi connectivity index (χ2v) is 6.49. The monoisotopic (exact) mass is 402 g/mol. The lowest BCUT2D eigenvalue weighted by molar-refractivity contribution is 0.0953. The van der Waals surface area contributed by atoms with Gasteiger partial charge in [0, 0.05) is 23.0 Å². The van der Waals surface area contributed by atoms with Crippen LogP contribution in [0.3, 0.4) is 0 Å². The van der Waals surface area contributed by atoms with Crippen LogP contribution in [0.2, 0.25) is 0 Å². The highest BCUT2D eigenvalue weighted by molar-refractivity contribution is 9.10. The number of nitrogens with one attached hydrogen (secondary N) is 1. The molecule has 1 heterocycles. The third-order valence-electron chi connectivity index (χ3n) is 3.69. The number of carbonyl (C=O) groups is 1. The highest BCUT2D eigenvalue weighted by atomic mass is 79.9. The van der Waals surface area contributed by atoms with Crippen LogP contribution in [0.4, 0.5) is 4.39 Å². The fraction of sp³-hybridized carbons (Fsp3) is 0.158. The molecule has 0 spiro atoms. The summed E-state index contributed by atoms with van der Waals surface area (Å²) in [7, 11) is 0. The highest BCUT2D eigenvalue weighted by Crippen LogP contribution is 2.20. The van der Waals surface area contributed by atoms with Gasteiger partial charge in [-0.25, -0.2) is 9.37 Å². The van der Waals surface area contributed by atoms with Gasteiger partial charge in [0.1, 0.15) is 12.1 Å². The van der Waals surface area contributed by atoms with Crippen LogP contribution in [0.15, 0.2) is 57.6 Å². The van der Waals surface area contributed by atoms with Gasteiger partial charge in [0.25, 0.3) is 5.91 Å². The van der Waals surface area contributed by atoms with E-state index in [0.717, 1.165) is 11.3 Å². The zero-order valence-corrected chi connectivity index (χ0v) is 15.1. The van der Waals surface area contributed by atoms with Crippen molar-refractivity contribution in [3.05, 3.63) is 75.8 Å². The molecule has 0 saturated carbocycles. The lowest BCUT2D eigenvalue weighted by Crippen LogP contribution is -2.26. The standard InChI is InChI=1S/C19H16BrFN2O2/c1-12-2-4-13(5-3-12)19-23-15(11-25-19)8-9-22-18(24)16-10-14(21)6-7-17(16)20/h2-7,10-11H,8-9H2,1H3,(H,22,24). The van der Waals surface area contributed by atoms with Crippen LogP contribution in [-0.2, 0) is 6.42 Å². The molecule has 1 N–H and O–H groups in total. The fourth-order valence-corrected chi connectivity index (χ4v) is 2.75. The number of halogens is 2. The first kappa shape index (κ1) is 17.4.